The molecule has 0 aliphatic carbocycles. The van der Waals surface area contributed by atoms with Gasteiger partial charge in [0, 0.05) is 30.7 Å². The highest BCUT2D eigenvalue weighted by Gasteiger charge is 2.00. The van der Waals surface area contributed by atoms with E-state index in [-0.39, 0.29) is 6.61 Å². The monoisotopic (exact) mass is 284 g/mol. The summed E-state index contributed by atoms with van der Waals surface area (Å²) in [4.78, 5) is 8.37. The van der Waals surface area contributed by atoms with Crippen LogP contribution in [0.4, 0.5) is 5.69 Å². The lowest BCUT2D eigenvalue weighted by atomic mass is 10.3. The van der Waals surface area contributed by atoms with Crippen LogP contribution in [0.15, 0.2) is 49.4 Å². The van der Waals surface area contributed by atoms with E-state index in [1.807, 2.05) is 29.1 Å². The Bertz CT molecular complexity index is 674. The Balaban J connectivity index is 1.60. The van der Waals surface area contributed by atoms with Gasteiger partial charge in [-0.1, -0.05) is 0 Å². The van der Waals surface area contributed by atoms with Crippen molar-refractivity contribution in [1.29, 1.82) is 0 Å². The van der Waals surface area contributed by atoms with Crippen molar-refractivity contribution in [3.63, 3.8) is 0 Å². The van der Waals surface area contributed by atoms with Gasteiger partial charge in [0.25, 0.3) is 0 Å². The van der Waals surface area contributed by atoms with E-state index in [4.69, 9.17) is 5.11 Å². The maximum atomic E-state index is 8.85. The molecular weight excluding hydrogens is 268 g/mol. The number of aromatic nitrogens is 5. The minimum atomic E-state index is 0.0914. The van der Waals surface area contributed by atoms with Crippen LogP contribution in [-0.4, -0.2) is 36.0 Å². The molecule has 0 aliphatic rings. The normalized spacial score (nSPS) is 10.7. The number of nitrogens with zero attached hydrogens (tertiary/aromatic N) is 5. The summed E-state index contributed by atoms with van der Waals surface area (Å²) in [7, 11) is 0. The van der Waals surface area contributed by atoms with E-state index in [0.717, 1.165) is 17.1 Å². The fourth-order valence-electron chi connectivity index (χ4n) is 1.96. The van der Waals surface area contributed by atoms with Gasteiger partial charge in [-0.3, -0.25) is 9.25 Å². The van der Waals surface area contributed by atoms with Crippen LogP contribution < -0.4 is 5.32 Å². The van der Waals surface area contributed by atoms with Crippen LogP contribution >= 0.6 is 0 Å². The van der Waals surface area contributed by atoms with E-state index in [0.29, 0.717) is 13.1 Å². The van der Waals surface area contributed by atoms with Gasteiger partial charge >= 0.3 is 0 Å². The molecule has 0 fully saturated rings. The molecule has 0 saturated carbocycles. The molecule has 0 saturated heterocycles. The van der Waals surface area contributed by atoms with Gasteiger partial charge in [0.1, 0.15) is 12.1 Å². The molecule has 3 rings (SSSR count). The Kier molecular flexibility index (Phi) is 3.92. The number of hydrogen-bond acceptors (Lipinski definition) is 5. The van der Waals surface area contributed by atoms with Crippen molar-refractivity contribution in [3.8, 4) is 5.82 Å². The number of nitrogens with one attached hydrogen (secondary N) is 1. The molecule has 108 valence electrons. The summed E-state index contributed by atoms with van der Waals surface area (Å²) in [6.45, 7) is 1.27. The minimum absolute atomic E-state index is 0.0914. The third kappa shape index (κ3) is 3.26. The first kappa shape index (κ1) is 13.3. The van der Waals surface area contributed by atoms with E-state index in [1.165, 1.54) is 0 Å². The average molecular weight is 284 g/mol. The zero-order chi connectivity index (χ0) is 14.5. The highest BCUT2D eigenvalue weighted by atomic mass is 16.3. The summed E-state index contributed by atoms with van der Waals surface area (Å²) in [5.74, 6) is 0.828. The predicted molar refractivity (Wildman–Crippen MR) is 78.0 cm³/mol. The molecule has 0 radical (unpaired) electrons. The van der Waals surface area contributed by atoms with Gasteiger partial charge in [0.15, 0.2) is 0 Å². The van der Waals surface area contributed by atoms with Gasteiger partial charge < -0.3 is 10.4 Å². The largest absolute Gasteiger partial charge is 0.394 e. The Morgan fingerprint density at radius 1 is 1.24 bits per heavy atom. The Labute approximate surface area is 121 Å². The van der Waals surface area contributed by atoms with Crippen molar-refractivity contribution in [2.24, 2.45) is 0 Å². The molecule has 21 heavy (non-hydrogen) atoms. The second kappa shape index (κ2) is 6.19. The second-order valence-electron chi connectivity index (χ2n) is 4.56. The number of rotatable bonds is 6. The zero-order valence-electron chi connectivity index (χ0n) is 11.4. The molecule has 0 unspecified atom stereocenters. The highest BCUT2D eigenvalue weighted by Crippen LogP contribution is 2.11. The molecule has 0 aromatic carbocycles. The minimum Gasteiger partial charge on any atom is -0.394 e. The molecule has 0 bridgehead atoms. The lowest BCUT2D eigenvalue weighted by Gasteiger charge is -2.06. The Morgan fingerprint density at radius 2 is 2.19 bits per heavy atom. The highest BCUT2D eigenvalue weighted by molar-refractivity contribution is 5.44. The smallest absolute Gasteiger partial charge is 0.137 e. The van der Waals surface area contributed by atoms with Crippen molar-refractivity contribution < 1.29 is 5.11 Å². The van der Waals surface area contributed by atoms with Crippen LogP contribution in [0, 0.1) is 0 Å². The standard InChI is InChI=1S/C14H16N6O/c21-6-5-20-10-12(8-18-20)7-16-13-1-2-14(17-9-13)19-4-3-15-11-19/h1-4,8-11,16,21H,5-7H2. The first-order valence-corrected chi connectivity index (χ1v) is 6.65. The quantitative estimate of drug-likeness (QED) is 0.707. The van der Waals surface area contributed by atoms with Crippen molar-refractivity contribution in [1.82, 2.24) is 24.3 Å². The molecule has 2 N–H and O–H groups in total. The van der Waals surface area contributed by atoms with Crippen molar-refractivity contribution in [2.45, 2.75) is 13.1 Å². The molecule has 0 atom stereocenters. The number of hydrogen-bond donors (Lipinski definition) is 2. The predicted octanol–water partition coefficient (Wildman–Crippen LogP) is 1.07. The topological polar surface area (TPSA) is 80.8 Å². The van der Waals surface area contributed by atoms with E-state index < -0.39 is 0 Å². The molecule has 0 spiro atoms. The average Bonchev–Trinajstić information content (AvgIpc) is 3.18. The summed E-state index contributed by atoms with van der Waals surface area (Å²) in [6.07, 6.45) is 10.8. The number of aliphatic hydroxyl groups excluding tert-OH is 1. The van der Waals surface area contributed by atoms with Crippen LogP contribution in [0.2, 0.25) is 0 Å². The maximum Gasteiger partial charge on any atom is 0.137 e. The number of anilines is 1. The molecule has 0 aliphatic heterocycles. The van der Waals surface area contributed by atoms with Gasteiger partial charge in [-0.2, -0.15) is 5.10 Å². The van der Waals surface area contributed by atoms with E-state index in [9.17, 15) is 0 Å². The molecule has 3 aromatic rings. The Hall–Kier alpha value is -2.67. The molecule has 3 aromatic heterocycles. The van der Waals surface area contributed by atoms with Gasteiger partial charge in [0.05, 0.1) is 31.2 Å². The summed E-state index contributed by atoms with van der Waals surface area (Å²) in [5, 5.41) is 16.3. The van der Waals surface area contributed by atoms with Crippen molar-refractivity contribution >= 4 is 5.69 Å². The third-order valence-corrected chi connectivity index (χ3v) is 3.03. The molecular formula is C14H16N6O. The summed E-state index contributed by atoms with van der Waals surface area (Å²) >= 11 is 0. The first-order valence-electron chi connectivity index (χ1n) is 6.65. The molecule has 3 heterocycles. The van der Waals surface area contributed by atoms with Crippen LogP contribution in [0.1, 0.15) is 5.56 Å². The molecule has 7 heteroatoms. The van der Waals surface area contributed by atoms with Crippen LogP contribution in [-0.2, 0) is 13.1 Å². The fourth-order valence-corrected chi connectivity index (χ4v) is 1.96. The van der Waals surface area contributed by atoms with E-state index in [1.54, 1.807) is 29.6 Å². The van der Waals surface area contributed by atoms with Crippen LogP contribution in [0.3, 0.4) is 0 Å². The lowest BCUT2D eigenvalue weighted by molar-refractivity contribution is 0.269. The lowest BCUT2D eigenvalue weighted by Crippen LogP contribution is -2.02. The van der Waals surface area contributed by atoms with Crippen LogP contribution in [0.25, 0.3) is 5.82 Å². The van der Waals surface area contributed by atoms with E-state index in [2.05, 4.69) is 20.4 Å². The third-order valence-electron chi connectivity index (χ3n) is 3.03. The zero-order valence-corrected chi connectivity index (χ0v) is 11.4. The van der Waals surface area contributed by atoms with Gasteiger partial charge in [0.2, 0.25) is 0 Å². The summed E-state index contributed by atoms with van der Waals surface area (Å²) in [5.41, 5.74) is 2.00. The number of imidazole rings is 1. The maximum absolute atomic E-state index is 8.85. The van der Waals surface area contributed by atoms with E-state index >= 15 is 0 Å². The SMILES string of the molecule is OCCn1cc(CNc2ccc(-n3ccnc3)nc2)cn1. The number of pyridine rings is 1. The van der Waals surface area contributed by atoms with Gasteiger partial charge in [-0.15, -0.1) is 0 Å². The molecule has 7 nitrogen and oxygen atoms in total. The van der Waals surface area contributed by atoms with Crippen molar-refractivity contribution in [3.05, 3.63) is 55.0 Å². The van der Waals surface area contributed by atoms with Crippen molar-refractivity contribution in [2.75, 3.05) is 11.9 Å². The summed E-state index contributed by atoms with van der Waals surface area (Å²) < 4.78 is 3.57. The number of aliphatic hydroxyl groups is 1. The second-order valence-corrected chi connectivity index (χ2v) is 4.56. The van der Waals surface area contributed by atoms with Gasteiger partial charge in [-0.25, -0.2) is 9.97 Å². The van der Waals surface area contributed by atoms with Gasteiger partial charge in [-0.05, 0) is 12.1 Å². The van der Waals surface area contributed by atoms with Crippen LogP contribution in [0.5, 0.6) is 0 Å². The molecule has 0 amide bonds. The first-order chi connectivity index (χ1) is 10.3. The Morgan fingerprint density at radius 3 is 2.90 bits per heavy atom. The fraction of sp³-hybridized carbons (Fsp3) is 0.214. The summed E-state index contributed by atoms with van der Waals surface area (Å²) in [6, 6.07) is 3.90.